The first-order chi connectivity index (χ1) is 14.7. The molecule has 4 rings (SSSR count). The number of benzene rings is 1. The lowest BCUT2D eigenvalue weighted by molar-refractivity contribution is 0.0957. The SMILES string of the molecule is N#Cc1c(CCCNC(=O)c2cc3c(s2)CCCCC3)nn(-c2ccccc2)c1N. The normalized spacial score (nSPS) is 13.3. The second-order valence-electron chi connectivity index (χ2n) is 7.55. The lowest BCUT2D eigenvalue weighted by Gasteiger charge is -2.03. The third kappa shape index (κ3) is 4.24. The van der Waals surface area contributed by atoms with E-state index < -0.39 is 0 Å². The Hall–Kier alpha value is -3.11. The topological polar surface area (TPSA) is 96.7 Å². The zero-order chi connectivity index (χ0) is 20.9. The number of nitrogen functional groups attached to an aromatic ring is 1. The third-order valence-electron chi connectivity index (χ3n) is 5.45. The van der Waals surface area contributed by atoms with Crippen molar-refractivity contribution in [1.82, 2.24) is 15.1 Å². The molecule has 0 aliphatic heterocycles. The van der Waals surface area contributed by atoms with Gasteiger partial charge in [-0.25, -0.2) is 4.68 Å². The minimum atomic E-state index is -0.0112. The molecule has 7 heteroatoms. The zero-order valence-electron chi connectivity index (χ0n) is 16.9. The number of nitrogens with two attached hydrogens (primary N) is 1. The van der Waals surface area contributed by atoms with Crippen LogP contribution in [0.15, 0.2) is 36.4 Å². The number of nitrogens with zero attached hydrogens (tertiary/aromatic N) is 3. The number of fused-ring (bicyclic) bond motifs is 1. The Balaban J connectivity index is 1.36. The van der Waals surface area contributed by atoms with Gasteiger partial charge in [-0.05, 0) is 62.3 Å². The Morgan fingerprint density at radius 2 is 2.03 bits per heavy atom. The number of thiophene rings is 1. The van der Waals surface area contributed by atoms with E-state index in [2.05, 4.69) is 22.6 Å². The van der Waals surface area contributed by atoms with E-state index in [0.717, 1.165) is 23.4 Å². The number of carbonyl (C=O) groups excluding carboxylic acids is 1. The summed E-state index contributed by atoms with van der Waals surface area (Å²) in [5.41, 5.74) is 9.39. The van der Waals surface area contributed by atoms with Crippen molar-refractivity contribution in [1.29, 1.82) is 5.26 Å². The lowest BCUT2D eigenvalue weighted by atomic mass is 10.1. The summed E-state index contributed by atoms with van der Waals surface area (Å²) < 4.78 is 1.60. The summed E-state index contributed by atoms with van der Waals surface area (Å²) in [6.45, 7) is 0.532. The minimum Gasteiger partial charge on any atom is -0.382 e. The van der Waals surface area contributed by atoms with E-state index in [1.54, 1.807) is 16.0 Å². The molecule has 2 heterocycles. The van der Waals surface area contributed by atoms with Crippen LogP contribution in [0, 0.1) is 11.3 Å². The number of anilines is 1. The van der Waals surface area contributed by atoms with E-state index in [9.17, 15) is 10.1 Å². The number of rotatable bonds is 6. The number of aromatic nitrogens is 2. The molecular weight excluding hydrogens is 394 g/mol. The van der Waals surface area contributed by atoms with Crippen LogP contribution in [0.1, 0.15) is 57.1 Å². The van der Waals surface area contributed by atoms with Gasteiger partial charge in [0, 0.05) is 11.4 Å². The van der Waals surface area contributed by atoms with Gasteiger partial charge < -0.3 is 11.1 Å². The Bertz CT molecular complexity index is 1050. The minimum absolute atomic E-state index is 0.0112. The predicted octanol–water partition coefficient (Wildman–Crippen LogP) is 4.02. The van der Waals surface area contributed by atoms with Gasteiger partial charge in [-0.15, -0.1) is 11.3 Å². The van der Waals surface area contributed by atoms with Gasteiger partial charge in [0.05, 0.1) is 16.3 Å². The van der Waals surface area contributed by atoms with Crippen LogP contribution >= 0.6 is 11.3 Å². The number of para-hydroxylation sites is 1. The number of hydrogen-bond donors (Lipinski definition) is 2. The average Bonchev–Trinajstić information content (AvgIpc) is 3.24. The molecule has 0 bridgehead atoms. The summed E-state index contributed by atoms with van der Waals surface area (Å²) in [4.78, 5) is 14.7. The third-order valence-corrected chi connectivity index (χ3v) is 6.69. The zero-order valence-corrected chi connectivity index (χ0v) is 17.7. The molecule has 3 N–H and O–H groups in total. The first-order valence-corrected chi connectivity index (χ1v) is 11.2. The van der Waals surface area contributed by atoms with Crippen LogP contribution in [0.4, 0.5) is 5.82 Å². The lowest BCUT2D eigenvalue weighted by Crippen LogP contribution is -2.24. The maximum atomic E-state index is 12.5. The number of nitrogens with one attached hydrogen (secondary N) is 1. The molecule has 0 radical (unpaired) electrons. The van der Waals surface area contributed by atoms with Gasteiger partial charge in [0.25, 0.3) is 5.91 Å². The van der Waals surface area contributed by atoms with E-state index >= 15 is 0 Å². The van der Waals surface area contributed by atoms with Crippen LogP contribution in [0.2, 0.25) is 0 Å². The highest BCUT2D eigenvalue weighted by atomic mass is 32.1. The highest BCUT2D eigenvalue weighted by Gasteiger charge is 2.18. The van der Waals surface area contributed by atoms with Gasteiger partial charge in [0.2, 0.25) is 0 Å². The van der Waals surface area contributed by atoms with Crippen molar-refractivity contribution in [3.8, 4) is 11.8 Å². The highest BCUT2D eigenvalue weighted by molar-refractivity contribution is 7.14. The molecule has 0 fully saturated rings. The monoisotopic (exact) mass is 419 g/mol. The average molecular weight is 420 g/mol. The van der Waals surface area contributed by atoms with E-state index in [-0.39, 0.29) is 5.91 Å². The smallest absolute Gasteiger partial charge is 0.261 e. The number of nitriles is 1. The van der Waals surface area contributed by atoms with E-state index in [1.807, 2.05) is 30.3 Å². The molecule has 0 unspecified atom stereocenters. The van der Waals surface area contributed by atoms with Gasteiger partial charge in [-0.3, -0.25) is 4.79 Å². The quantitative estimate of drug-likeness (QED) is 0.466. The molecule has 0 saturated heterocycles. The van der Waals surface area contributed by atoms with Gasteiger partial charge in [0.1, 0.15) is 17.5 Å². The molecule has 2 aromatic heterocycles. The van der Waals surface area contributed by atoms with E-state index in [1.165, 1.54) is 29.7 Å². The molecule has 0 saturated carbocycles. The van der Waals surface area contributed by atoms with Gasteiger partial charge >= 0.3 is 0 Å². The van der Waals surface area contributed by atoms with Crippen LogP contribution in [0.25, 0.3) is 5.69 Å². The van der Waals surface area contributed by atoms with Gasteiger partial charge in [0.15, 0.2) is 0 Å². The van der Waals surface area contributed by atoms with E-state index in [0.29, 0.717) is 36.5 Å². The summed E-state index contributed by atoms with van der Waals surface area (Å²) in [7, 11) is 0. The molecule has 1 aromatic carbocycles. The molecule has 1 aliphatic rings. The first kappa shape index (κ1) is 20.2. The Morgan fingerprint density at radius 1 is 1.23 bits per heavy atom. The Labute approximate surface area is 180 Å². The number of carbonyl (C=O) groups is 1. The van der Waals surface area contributed by atoms with Crippen LogP contribution in [-0.4, -0.2) is 22.2 Å². The predicted molar refractivity (Wildman–Crippen MR) is 119 cm³/mol. The Kier molecular flexibility index (Phi) is 6.15. The molecule has 0 spiro atoms. The van der Waals surface area contributed by atoms with Crippen molar-refractivity contribution in [3.05, 3.63) is 63.0 Å². The summed E-state index contributed by atoms with van der Waals surface area (Å²) >= 11 is 1.63. The second-order valence-corrected chi connectivity index (χ2v) is 8.68. The van der Waals surface area contributed by atoms with Gasteiger partial charge in [-0.2, -0.15) is 10.4 Å². The van der Waals surface area contributed by atoms with Gasteiger partial charge in [-0.1, -0.05) is 24.6 Å². The highest BCUT2D eigenvalue weighted by Crippen LogP contribution is 2.29. The standard InChI is InChI=1S/C23H25N5OS/c24-15-18-19(27-28(22(18)25)17-9-4-2-5-10-17)11-7-13-26-23(29)21-14-16-8-3-1-6-12-20(16)30-21/h2,4-5,9-10,14H,1,3,6-8,11-13,25H2,(H,26,29). The summed E-state index contributed by atoms with van der Waals surface area (Å²) in [5.74, 6) is 0.339. The number of hydrogen-bond acceptors (Lipinski definition) is 5. The fourth-order valence-electron chi connectivity index (χ4n) is 3.87. The molecular formula is C23H25N5OS. The number of aryl methyl sites for hydroxylation is 3. The van der Waals surface area contributed by atoms with Crippen LogP contribution in [-0.2, 0) is 19.3 Å². The molecule has 30 heavy (non-hydrogen) atoms. The summed E-state index contributed by atoms with van der Waals surface area (Å²) in [6.07, 6.45) is 7.15. The number of amides is 1. The molecule has 3 aromatic rings. The first-order valence-electron chi connectivity index (χ1n) is 10.4. The van der Waals surface area contributed by atoms with Crippen molar-refractivity contribution < 1.29 is 4.79 Å². The fourth-order valence-corrected chi connectivity index (χ4v) is 5.04. The molecule has 0 atom stereocenters. The van der Waals surface area contributed by atoms with Crippen LogP contribution < -0.4 is 11.1 Å². The van der Waals surface area contributed by atoms with Crippen molar-refractivity contribution in [3.63, 3.8) is 0 Å². The van der Waals surface area contributed by atoms with Crippen molar-refractivity contribution in [2.24, 2.45) is 0 Å². The van der Waals surface area contributed by atoms with E-state index in [4.69, 9.17) is 5.73 Å². The van der Waals surface area contributed by atoms with Crippen molar-refractivity contribution >= 4 is 23.1 Å². The largest absolute Gasteiger partial charge is 0.382 e. The maximum absolute atomic E-state index is 12.5. The summed E-state index contributed by atoms with van der Waals surface area (Å²) in [5, 5.41) is 17.0. The fraction of sp³-hybridized carbons (Fsp3) is 0.348. The summed E-state index contributed by atoms with van der Waals surface area (Å²) in [6, 6.07) is 13.8. The molecule has 154 valence electrons. The Morgan fingerprint density at radius 3 is 2.83 bits per heavy atom. The second kappa shape index (κ2) is 9.14. The van der Waals surface area contributed by atoms with Crippen LogP contribution in [0.3, 0.4) is 0 Å². The van der Waals surface area contributed by atoms with Crippen molar-refractivity contribution in [2.75, 3.05) is 12.3 Å². The van der Waals surface area contributed by atoms with Crippen molar-refractivity contribution in [2.45, 2.75) is 44.9 Å². The maximum Gasteiger partial charge on any atom is 0.261 e. The molecule has 1 amide bonds. The molecule has 1 aliphatic carbocycles. The molecule has 6 nitrogen and oxygen atoms in total. The van der Waals surface area contributed by atoms with Crippen LogP contribution in [0.5, 0.6) is 0 Å².